The van der Waals surface area contributed by atoms with Crippen LogP contribution in [0.15, 0.2) is 30.3 Å². The Morgan fingerprint density at radius 3 is 2.70 bits per heavy atom. The van der Waals surface area contributed by atoms with Crippen LogP contribution < -0.4 is 0 Å². The molecule has 0 saturated carbocycles. The van der Waals surface area contributed by atoms with Gasteiger partial charge in [-0.25, -0.2) is 0 Å². The maximum absolute atomic E-state index is 12.6. The Balaban J connectivity index is 1.35. The van der Waals surface area contributed by atoms with Gasteiger partial charge in [0.2, 0.25) is 0 Å². The number of hydrogen-bond donors (Lipinski definition) is 0. The highest BCUT2D eigenvalue weighted by Gasteiger charge is 2.39. The van der Waals surface area contributed by atoms with Gasteiger partial charge in [0, 0.05) is 38.3 Å². The van der Waals surface area contributed by atoms with Gasteiger partial charge in [-0.15, -0.1) is 0 Å². The molecule has 124 valence electrons. The standard InChI is InChI=1S/C19H26N2O2/c22-19(15-5-2-1-3-6-15)21-12-16-8-9-20(11-17(16)13-21)14-18-7-4-10-23-18/h1-3,5-6,16-18H,4,7-14H2/t16-,17+,18+/m0/s1. The molecule has 3 heterocycles. The van der Waals surface area contributed by atoms with Crippen molar-refractivity contribution in [3.8, 4) is 0 Å². The molecule has 4 nitrogen and oxygen atoms in total. The minimum absolute atomic E-state index is 0.200. The van der Waals surface area contributed by atoms with Crippen LogP contribution in [0.2, 0.25) is 0 Å². The average Bonchev–Trinajstić information content (AvgIpc) is 3.24. The second-order valence-electron chi connectivity index (χ2n) is 7.28. The number of piperidine rings is 1. The van der Waals surface area contributed by atoms with Crippen LogP contribution in [0.4, 0.5) is 0 Å². The van der Waals surface area contributed by atoms with E-state index >= 15 is 0 Å². The average molecular weight is 314 g/mol. The smallest absolute Gasteiger partial charge is 0.253 e. The molecule has 3 aliphatic rings. The van der Waals surface area contributed by atoms with E-state index in [9.17, 15) is 4.79 Å². The van der Waals surface area contributed by atoms with E-state index in [4.69, 9.17) is 4.74 Å². The largest absolute Gasteiger partial charge is 0.377 e. The lowest BCUT2D eigenvalue weighted by Crippen LogP contribution is -2.43. The molecule has 0 aromatic heterocycles. The maximum atomic E-state index is 12.6. The predicted molar refractivity (Wildman–Crippen MR) is 89.4 cm³/mol. The first-order chi connectivity index (χ1) is 11.3. The predicted octanol–water partition coefficient (Wildman–Crippen LogP) is 2.26. The summed E-state index contributed by atoms with van der Waals surface area (Å²) in [6.07, 6.45) is 4.08. The molecule has 0 unspecified atom stereocenters. The summed E-state index contributed by atoms with van der Waals surface area (Å²) >= 11 is 0. The first-order valence-corrected chi connectivity index (χ1v) is 8.98. The summed E-state index contributed by atoms with van der Waals surface area (Å²) in [5, 5.41) is 0. The van der Waals surface area contributed by atoms with E-state index in [-0.39, 0.29) is 5.91 Å². The zero-order valence-electron chi connectivity index (χ0n) is 13.7. The fraction of sp³-hybridized carbons (Fsp3) is 0.632. The number of carbonyl (C=O) groups excluding carboxylic acids is 1. The molecule has 0 aliphatic carbocycles. The molecule has 4 heteroatoms. The normalized spacial score (nSPS) is 31.3. The minimum atomic E-state index is 0.200. The summed E-state index contributed by atoms with van der Waals surface area (Å²) in [5.74, 6) is 1.52. The second-order valence-corrected chi connectivity index (χ2v) is 7.28. The monoisotopic (exact) mass is 314 g/mol. The number of fused-ring (bicyclic) bond motifs is 1. The van der Waals surface area contributed by atoms with Crippen LogP contribution in [-0.2, 0) is 4.74 Å². The first-order valence-electron chi connectivity index (χ1n) is 8.98. The van der Waals surface area contributed by atoms with Gasteiger partial charge in [0.25, 0.3) is 5.91 Å². The van der Waals surface area contributed by atoms with E-state index < -0.39 is 0 Å². The van der Waals surface area contributed by atoms with Crippen LogP contribution in [0.3, 0.4) is 0 Å². The van der Waals surface area contributed by atoms with Gasteiger partial charge >= 0.3 is 0 Å². The van der Waals surface area contributed by atoms with Gasteiger partial charge in [-0.2, -0.15) is 0 Å². The molecule has 4 rings (SSSR count). The highest BCUT2D eigenvalue weighted by atomic mass is 16.5. The number of amides is 1. The van der Waals surface area contributed by atoms with Crippen molar-refractivity contribution >= 4 is 5.91 Å². The molecular weight excluding hydrogens is 288 g/mol. The lowest BCUT2D eigenvalue weighted by Gasteiger charge is -2.35. The Morgan fingerprint density at radius 2 is 1.91 bits per heavy atom. The van der Waals surface area contributed by atoms with Crippen LogP contribution in [0.5, 0.6) is 0 Å². The summed E-state index contributed by atoms with van der Waals surface area (Å²) in [7, 11) is 0. The van der Waals surface area contributed by atoms with E-state index in [2.05, 4.69) is 9.80 Å². The van der Waals surface area contributed by atoms with Crippen molar-refractivity contribution in [2.24, 2.45) is 11.8 Å². The van der Waals surface area contributed by atoms with Crippen LogP contribution in [0.25, 0.3) is 0 Å². The molecule has 3 aliphatic heterocycles. The fourth-order valence-corrected chi connectivity index (χ4v) is 4.42. The number of benzene rings is 1. The number of nitrogens with zero attached hydrogens (tertiary/aromatic N) is 2. The van der Waals surface area contributed by atoms with E-state index in [1.807, 2.05) is 30.3 Å². The summed E-state index contributed by atoms with van der Waals surface area (Å²) < 4.78 is 5.78. The summed E-state index contributed by atoms with van der Waals surface area (Å²) in [5.41, 5.74) is 0.822. The van der Waals surface area contributed by atoms with Crippen molar-refractivity contribution in [3.63, 3.8) is 0 Å². The molecular formula is C19H26N2O2. The number of likely N-dealkylation sites (tertiary alicyclic amines) is 2. The molecule has 0 bridgehead atoms. The molecule has 1 aromatic rings. The molecule has 0 N–H and O–H groups in total. The lowest BCUT2D eigenvalue weighted by molar-refractivity contribution is 0.0506. The Hall–Kier alpha value is -1.39. The lowest BCUT2D eigenvalue weighted by atomic mass is 9.88. The second kappa shape index (κ2) is 6.62. The molecule has 0 radical (unpaired) electrons. The Morgan fingerprint density at radius 1 is 1.09 bits per heavy atom. The maximum Gasteiger partial charge on any atom is 0.253 e. The van der Waals surface area contributed by atoms with Gasteiger partial charge in [0.1, 0.15) is 0 Å². The highest BCUT2D eigenvalue weighted by molar-refractivity contribution is 5.94. The zero-order valence-corrected chi connectivity index (χ0v) is 13.7. The van der Waals surface area contributed by atoms with Crippen LogP contribution in [-0.4, -0.2) is 61.1 Å². The van der Waals surface area contributed by atoms with Crippen LogP contribution in [0.1, 0.15) is 29.6 Å². The highest BCUT2D eigenvalue weighted by Crippen LogP contribution is 2.32. The van der Waals surface area contributed by atoms with Gasteiger partial charge in [0.05, 0.1) is 6.10 Å². The van der Waals surface area contributed by atoms with E-state index in [0.717, 1.165) is 44.9 Å². The summed E-state index contributed by atoms with van der Waals surface area (Å²) in [4.78, 5) is 17.3. The van der Waals surface area contributed by atoms with Crippen molar-refractivity contribution in [1.29, 1.82) is 0 Å². The Bertz CT molecular complexity index is 542. The molecule has 3 atom stereocenters. The van der Waals surface area contributed by atoms with Gasteiger partial charge in [0.15, 0.2) is 0 Å². The van der Waals surface area contributed by atoms with E-state index in [0.29, 0.717) is 17.9 Å². The van der Waals surface area contributed by atoms with E-state index in [1.54, 1.807) is 0 Å². The topological polar surface area (TPSA) is 32.8 Å². The van der Waals surface area contributed by atoms with Crippen LogP contribution in [0, 0.1) is 11.8 Å². The number of ether oxygens (including phenoxy) is 1. The van der Waals surface area contributed by atoms with Crippen molar-refractivity contribution in [1.82, 2.24) is 9.80 Å². The van der Waals surface area contributed by atoms with Gasteiger partial charge < -0.3 is 14.5 Å². The number of hydrogen-bond acceptors (Lipinski definition) is 3. The summed E-state index contributed by atoms with van der Waals surface area (Å²) in [6.45, 7) is 6.16. The van der Waals surface area contributed by atoms with Gasteiger partial charge in [-0.05, 0) is 49.8 Å². The number of carbonyl (C=O) groups is 1. The van der Waals surface area contributed by atoms with Crippen molar-refractivity contribution in [2.45, 2.75) is 25.4 Å². The zero-order chi connectivity index (χ0) is 15.6. The first kappa shape index (κ1) is 15.2. The molecule has 1 aromatic carbocycles. The molecule has 3 fully saturated rings. The summed E-state index contributed by atoms with van der Waals surface area (Å²) in [6, 6.07) is 9.70. The third-order valence-corrected chi connectivity index (χ3v) is 5.68. The molecule has 3 saturated heterocycles. The molecule has 23 heavy (non-hydrogen) atoms. The van der Waals surface area contributed by atoms with Crippen LogP contribution >= 0.6 is 0 Å². The van der Waals surface area contributed by atoms with Crippen molar-refractivity contribution in [2.75, 3.05) is 39.3 Å². The van der Waals surface area contributed by atoms with Crippen molar-refractivity contribution < 1.29 is 9.53 Å². The SMILES string of the molecule is O=C(c1ccccc1)N1C[C@H]2CN(C[C@H]3CCCO3)CC[C@H]2C1. The van der Waals surface area contributed by atoms with Gasteiger partial charge in [-0.3, -0.25) is 4.79 Å². The van der Waals surface area contributed by atoms with Gasteiger partial charge in [-0.1, -0.05) is 18.2 Å². The number of rotatable bonds is 3. The third-order valence-electron chi connectivity index (χ3n) is 5.68. The third kappa shape index (κ3) is 3.29. The molecule has 0 spiro atoms. The van der Waals surface area contributed by atoms with E-state index in [1.165, 1.54) is 19.3 Å². The fourth-order valence-electron chi connectivity index (χ4n) is 4.42. The van der Waals surface area contributed by atoms with Crippen molar-refractivity contribution in [3.05, 3.63) is 35.9 Å². The Labute approximate surface area is 138 Å². The quantitative estimate of drug-likeness (QED) is 0.858. The minimum Gasteiger partial charge on any atom is -0.377 e. The molecule has 1 amide bonds. The Kier molecular flexibility index (Phi) is 4.36.